The lowest BCUT2D eigenvalue weighted by atomic mass is 10.1. The second-order valence-corrected chi connectivity index (χ2v) is 5.60. The van der Waals surface area contributed by atoms with Crippen LogP contribution in [0.2, 0.25) is 0 Å². The number of amides is 1. The van der Waals surface area contributed by atoms with Gasteiger partial charge in [-0.25, -0.2) is 9.59 Å². The third-order valence-corrected chi connectivity index (χ3v) is 2.52. The van der Waals surface area contributed by atoms with Crippen molar-refractivity contribution < 1.29 is 19.4 Å². The van der Waals surface area contributed by atoms with Crippen molar-refractivity contribution in [3.05, 3.63) is 29.6 Å². The number of rotatable bonds is 5. The van der Waals surface area contributed by atoms with E-state index in [4.69, 9.17) is 15.6 Å². The van der Waals surface area contributed by atoms with Gasteiger partial charge < -0.3 is 20.9 Å². The Morgan fingerprint density at radius 3 is 2.52 bits per heavy atom. The predicted octanol–water partition coefficient (Wildman–Crippen LogP) is 1.06. The van der Waals surface area contributed by atoms with Crippen LogP contribution in [0.5, 0.6) is 0 Å². The molecular formula is C14H21N3O4. The number of alkyl carbamates (subject to hydrolysis) is 1. The smallest absolute Gasteiger partial charge is 0.408 e. The molecule has 1 heterocycles. The normalized spacial score (nSPS) is 12.6. The van der Waals surface area contributed by atoms with Crippen LogP contribution in [0.4, 0.5) is 4.79 Å². The molecule has 21 heavy (non-hydrogen) atoms. The molecule has 1 amide bonds. The lowest BCUT2D eigenvalue weighted by Gasteiger charge is -2.21. The quantitative estimate of drug-likeness (QED) is 0.748. The molecule has 0 aliphatic carbocycles. The molecule has 0 radical (unpaired) electrons. The summed E-state index contributed by atoms with van der Waals surface area (Å²) in [5, 5.41) is 11.5. The molecule has 7 nitrogen and oxygen atoms in total. The van der Waals surface area contributed by atoms with Crippen LogP contribution >= 0.6 is 0 Å². The number of carboxylic acids is 1. The highest BCUT2D eigenvalue weighted by molar-refractivity contribution is 5.80. The molecule has 0 aliphatic rings. The van der Waals surface area contributed by atoms with E-state index in [0.717, 1.165) is 5.56 Å². The SMILES string of the molecule is CC(C)(C)OC(=O)NC(Cc1ccc(CN)cn1)C(=O)O. The zero-order valence-corrected chi connectivity index (χ0v) is 12.4. The molecular weight excluding hydrogens is 274 g/mol. The largest absolute Gasteiger partial charge is 0.480 e. The van der Waals surface area contributed by atoms with Crippen LogP contribution < -0.4 is 11.1 Å². The van der Waals surface area contributed by atoms with Gasteiger partial charge in [-0.15, -0.1) is 0 Å². The summed E-state index contributed by atoms with van der Waals surface area (Å²) >= 11 is 0. The number of aliphatic carboxylic acids is 1. The van der Waals surface area contributed by atoms with Crippen molar-refractivity contribution in [3.63, 3.8) is 0 Å². The number of nitrogens with zero attached hydrogens (tertiary/aromatic N) is 1. The molecule has 0 aromatic carbocycles. The van der Waals surface area contributed by atoms with E-state index in [1.807, 2.05) is 0 Å². The van der Waals surface area contributed by atoms with E-state index < -0.39 is 23.7 Å². The van der Waals surface area contributed by atoms with Crippen molar-refractivity contribution in [1.29, 1.82) is 0 Å². The van der Waals surface area contributed by atoms with Crippen LogP contribution in [-0.2, 0) is 22.5 Å². The zero-order valence-electron chi connectivity index (χ0n) is 12.4. The van der Waals surface area contributed by atoms with Crippen molar-refractivity contribution in [3.8, 4) is 0 Å². The van der Waals surface area contributed by atoms with Crippen molar-refractivity contribution in [1.82, 2.24) is 10.3 Å². The molecule has 116 valence electrons. The third-order valence-electron chi connectivity index (χ3n) is 2.52. The summed E-state index contributed by atoms with van der Waals surface area (Å²) in [6, 6.07) is 2.36. The number of carbonyl (C=O) groups is 2. The molecule has 0 saturated heterocycles. The number of hydrogen-bond acceptors (Lipinski definition) is 5. The van der Waals surface area contributed by atoms with E-state index in [1.54, 1.807) is 39.1 Å². The second-order valence-electron chi connectivity index (χ2n) is 5.60. The minimum absolute atomic E-state index is 0.0689. The lowest BCUT2D eigenvalue weighted by Crippen LogP contribution is -2.44. The number of pyridine rings is 1. The first-order chi connectivity index (χ1) is 9.71. The Labute approximate surface area is 123 Å². The molecule has 0 saturated carbocycles. The van der Waals surface area contributed by atoms with Crippen molar-refractivity contribution in [2.45, 2.75) is 45.4 Å². The number of nitrogens with one attached hydrogen (secondary N) is 1. The summed E-state index contributed by atoms with van der Waals surface area (Å²) < 4.78 is 5.04. The van der Waals surface area contributed by atoms with Crippen molar-refractivity contribution >= 4 is 12.1 Å². The maximum atomic E-state index is 11.6. The summed E-state index contributed by atoms with van der Waals surface area (Å²) in [6.45, 7) is 5.48. The Kier molecular flexibility index (Phi) is 5.66. The standard InChI is InChI=1S/C14H21N3O4/c1-14(2,3)21-13(20)17-11(12(18)19)6-10-5-4-9(7-15)8-16-10/h4-5,8,11H,6-7,15H2,1-3H3,(H,17,20)(H,18,19). The highest BCUT2D eigenvalue weighted by atomic mass is 16.6. The average Bonchev–Trinajstić information content (AvgIpc) is 2.36. The van der Waals surface area contributed by atoms with E-state index in [9.17, 15) is 9.59 Å². The summed E-state index contributed by atoms with van der Waals surface area (Å²) in [7, 11) is 0. The Morgan fingerprint density at radius 2 is 2.10 bits per heavy atom. The van der Waals surface area contributed by atoms with Gasteiger partial charge in [-0.1, -0.05) is 6.07 Å². The van der Waals surface area contributed by atoms with Gasteiger partial charge in [0.25, 0.3) is 0 Å². The van der Waals surface area contributed by atoms with E-state index in [0.29, 0.717) is 12.2 Å². The first-order valence-corrected chi connectivity index (χ1v) is 6.57. The van der Waals surface area contributed by atoms with E-state index >= 15 is 0 Å². The van der Waals surface area contributed by atoms with Crippen LogP contribution in [0, 0.1) is 0 Å². The molecule has 0 bridgehead atoms. The number of hydrogen-bond donors (Lipinski definition) is 3. The average molecular weight is 295 g/mol. The molecule has 0 fully saturated rings. The van der Waals surface area contributed by atoms with Crippen LogP contribution in [0.15, 0.2) is 18.3 Å². The minimum Gasteiger partial charge on any atom is -0.480 e. The Morgan fingerprint density at radius 1 is 1.43 bits per heavy atom. The maximum Gasteiger partial charge on any atom is 0.408 e. The summed E-state index contributed by atoms with van der Waals surface area (Å²) in [4.78, 5) is 27.0. The Bertz CT molecular complexity index is 494. The van der Waals surface area contributed by atoms with Gasteiger partial charge in [0.05, 0.1) is 0 Å². The van der Waals surface area contributed by atoms with Gasteiger partial charge >= 0.3 is 12.1 Å². The van der Waals surface area contributed by atoms with Gasteiger partial charge in [0.1, 0.15) is 11.6 Å². The lowest BCUT2D eigenvalue weighted by molar-refractivity contribution is -0.139. The van der Waals surface area contributed by atoms with E-state index in [2.05, 4.69) is 10.3 Å². The van der Waals surface area contributed by atoms with Gasteiger partial charge in [0.2, 0.25) is 0 Å². The Balaban J connectivity index is 2.69. The Hall–Kier alpha value is -2.15. The van der Waals surface area contributed by atoms with E-state index in [-0.39, 0.29) is 6.42 Å². The first kappa shape index (κ1) is 16.9. The fraction of sp³-hybridized carbons (Fsp3) is 0.500. The number of carboxylic acid groups (broad SMARTS) is 1. The molecule has 0 spiro atoms. The molecule has 4 N–H and O–H groups in total. The zero-order chi connectivity index (χ0) is 16.0. The summed E-state index contributed by atoms with van der Waals surface area (Å²) in [6.07, 6.45) is 0.884. The third kappa shape index (κ3) is 6.22. The topological polar surface area (TPSA) is 115 Å². The summed E-state index contributed by atoms with van der Waals surface area (Å²) in [5.41, 5.74) is 6.18. The molecule has 1 atom stereocenters. The molecule has 1 unspecified atom stereocenters. The fourth-order valence-corrected chi connectivity index (χ4v) is 1.56. The van der Waals surface area contributed by atoms with E-state index in [1.165, 1.54) is 0 Å². The van der Waals surface area contributed by atoms with Gasteiger partial charge in [-0.05, 0) is 32.4 Å². The summed E-state index contributed by atoms with van der Waals surface area (Å²) in [5.74, 6) is -1.15. The van der Waals surface area contributed by atoms with Gasteiger partial charge in [-0.3, -0.25) is 4.98 Å². The van der Waals surface area contributed by atoms with Gasteiger partial charge in [-0.2, -0.15) is 0 Å². The van der Waals surface area contributed by atoms with Crippen molar-refractivity contribution in [2.24, 2.45) is 5.73 Å². The highest BCUT2D eigenvalue weighted by Crippen LogP contribution is 2.08. The van der Waals surface area contributed by atoms with Gasteiger partial charge in [0.15, 0.2) is 0 Å². The van der Waals surface area contributed by atoms with Crippen LogP contribution in [-0.4, -0.2) is 33.8 Å². The number of carbonyl (C=O) groups excluding carboxylic acids is 1. The van der Waals surface area contributed by atoms with Crippen LogP contribution in [0.25, 0.3) is 0 Å². The maximum absolute atomic E-state index is 11.6. The first-order valence-electron chi connectivity index (χ1n) is 6.57. The molecule has 1 rings (SSSR count). The minimum atomic E-state index is -1.15. The molecule has 1 aromatic rings. The molecule has 7 heteroatoms. The number of aromatic nitrogens is 1. The van der Waals surface area contributed by atoms with Crippen LogP contribution in [0.1, 0.15) is 32.0 Å². The highest BCUT2D eigenvalue weighted by Gasteiger charge is 2.24. The fourth-order valence-electron chi connectivity index (χ4n) is 1.56. The van der Waals surface area contributed by atoms with Crippen LogP contribution in [0.3, 0.4) is 0 Å². The monoisotopic (exact) mass is 295 g/mol. The second kappa shape index (κ2) is 7.03. The van der Waals surface area contributed by atoms with Gasteiger partial charge in [0, 0.05) is 24.9 Å². The number of nitrogens with two attached hydrogens (primary N) is 1. The molecule has 1 aromatic heterocycles. The van der Waals surface area contributed by atoms with Crippen molar-refractivity contribution in [2.75, 3.05) is 0 Å². The molecule has 0 aliphatic heterocycles. The predicted molar refractivity (Wildman–Crippen MR) is 76.6 cm³/mol. The number of ether oxygens (including phenoxy) is 1.